The molecule has 0 aromatic carbocycles. The zero-order chi connectivity index (χ0) is 5.82. The van der Waals surface area contributed by atoms with Crippen LogP contribution in [0.4, 0.5) is 0 Å². The van der Waals surface area contributed by atoms with Crippen molar-refractivity contribution in [2.75, 3.05) is 0 Å². The fourth-order valence-electron chi connectivity index (χ4n) is 0.439. The summed E-state index contributed by atoms with van der Waals surface area (Å²) in [5.41, 5.74) is 2.59. The Morgan fingerprint density at radius 1 is 1.75 bits per heavy atom. The molecule has 3 nitrogen and oxygen atoms in total. The summed E-state index contributed by atoms with van der Waals surface area (Å²) in [5.74, 6) is -0.142. The van der Waals surface area contributed by atoms with E-state index in [4.69, 9.17) is 5.26 Å². The topological polar surface area (TPSA) is 48.2 Å². The molecule has 1 heterocycles. The van der Waals surface area contributed by atoms with Crippen LogP contribution in [0.1, 0.15) is 0 Å². The van der Waals surface area contributed by atoms with Gasteiger partial charge >= 0.3 is 0 Å². The van der Waals surface area contributed by atoms with Crippen molar-refractivity contribution in [3.8, 4) is 6.07 Å². The highest BCUT2D eigenvalue weighted by atomic mass is 15.3. The van der Waals surface area contributed by atoms with Crippen molar-refractivity contribution in [2.24, 2.45) is 11.0 Å². The molecule has 0 bridgehead atoms. The molecule has 1 unspecified atom stereocenters. The molecule has 0 aromatic heterocycles. The highest BCUT2D eigenvalue weighted by Gasteiger charge is 1.98. The predicted molar refractivity (Wildman–Crippen MR) is 29.9 cm³/mol. The van der Waals surface area contributed by atoms with Gasteiger partial charge in [0.2, 0.25) is 0 Å². The zero-order valence-corrected chi connectivity index (χ0v) is 4.20. The summed E-state index contributed by atoms with van der Waals surface area (Å²) in [4.78, 5) is 0. The fourth-order valence-corrected chi connectivity index (χ4v) is 0.439. The van der Waals surface area contributed by atoms with E-state index in [1.165, 1.54) is 0 Å². The van der Waals surface area contributed by atoms with Crippen LogP contribution in [0, 0.1) is 17.2 Å². The van der Waals surface area contributed by atoms with Crippen molar-refractivity contribution in [1.82, 2.24) is 5.43 Å². The number of nitriles is 1. The van der Waals surface area contributed by atoms with Gasteiger partial charge in [0.05, 0.1) is 6.07 Å². The first-order chi connectivity index (χ1) is 3.93. The van der Waals surface area contributed by atoms with Crippen LogP contribution in [-0.4, -0.2) is 6.21 Å². The van der Waals surface area contributed by atoms with Crippen LogP contribution in [-0.2, 0) is 0 Å². The van der Waals surface area contributed by atoms with E-state index < -0.39 is 0 Å². The van der Waals surface area contributed by atoms with Crippen molar-refractivity contribution in [1.29, 1.82) is 5.26 Å². The third-order valence-electron chi connectivity index (χ3n) is 0.837. The molecule has 0 amide bonds. The number of hydrogen-bond donors (Lipinski definition) is 1. The molecule has 1 rings (SSSR count). The summed E-state index contributed by atoms with van der Waals surface area (Å²) in [6.07, 6.45) is 4.95. The Bertz CT molecular complexity index is 151. The molecule has 0 aromatic rings. The normalized spacial score (nSPS) is 24.1. The van der Waals surface area contributed by atoms with E-state index in [1.54, 1.807) is 18.5 Å². The van der Waals surface area contributed by atoms with Crippen LogP contribution in [0.5, 0.6) is 0 Å². The standard InChI is InChI=1S/C5H5N3/c6-3-5-1-2-7-8-4-5/h1-2,4-5,7H. The highest BCUT2D eigenvalue weighted by Crippen LogP contribution is 1.93. The summed E-state index contributed by atoms with van der Waals surface area (Å²) < 4.78 is 0. The van der Waals surface area contributed by atoms with Crippen LogP contribution in [0.3, 0.4) is 0 Å². The lowest BCUT2D eigenvalue weighted by Crippen LogP contribution is -2.06. The Hall–Kier alpha value is -1.30. The van der Waals surface area contributed by atoms with E-state index in [-0.39, 0.29) is 5.92 Å². The summed E-state index contributed by atoms with van der Waals surface area (Å²) in [6, 6.07) is 2.03. The van der Waals surface area contributed by atoms with Gasteiger partial charge in [0.25, 0.3) is 0 Å². The van der Waals surface area contributed by atoms with E-state index >= 15 is 0 Å². The second-order valence-electron chi connectivity index (χ2n) is 1.42. The lowest BCUT2D eigenvalue weighted by molar-refractivity contribution is 0.914. The molecule has 40 valence electrons. The lowest BCUT2D eigenvalue weighted by atomic mass is 10.2. The van der Waals surface area contributed by atoms with Gasteiger partial charge in [-0.25, -0.2) is 0 Å². The Kier molecular flexibility index (Phi) is 1.29. The first kappa shape index (κ1) is 4.85. The molecule has 1 aliphatic heterocycles. The summed E-state index contributed by atoms with van der Waals surface area (Å²) in [7, 11) is 0. The average molecular weight is 107 g/mol. The second-order valence-corrected chi connectivity index (χ2v) is 1.42. The number of nitrogens with zero attached hydrogens (tertiary/aromatic N) is 2. The SMILES string of the molecule is N#CC1C=CNN=C1. The van der Waals surface area contributed by atoms with Crippen LogP contribution in [0.25, 0.3) is 0 Å². The number of hydrogen-bond acceptors (Lipinski definition) is 3. The fraction of sp³-hybridized carbons (Fsp3) is 0.200. The largest absolute Gasteiger partial charge is 0.286 e. The molecule has 0 radical (unpaired) electrons. The highest BCUT2D eigenvalue weighted by molar-refractivity contribution is 5.67. The monoisotopic (exact) mass is 107 g/mol. The Labute approximate surface area is 47.3 Å². The lowest BCUT2D eigenvalue weighted by Gasteiger charge is -1.98. The maximum absolute atomic E-state index is 8.27. The summed E-state index contributed by atoms with van der Waals surface area (Å²) >= 11 is 0. The van der Waals surface area contributed by atoms with E-state index in [0.717, 1.165) is 0 Å². The number of rotatable bonds is 0. The quantitative estimate of drug-likeness (QED) is 0.481. The molecule has 0 aliphatic carbocycles. The van der Waals surface area contributed by atoms with E-state index in [1.807, 2.05) is 6.07 Å². The molecule has 0 saturated heterocycles. The molecule has 0 spiro atoms. The molecular weight excluding hydrogens is 102 g/mol. The minimum absolute atomic E-state index is 0.142. The van der Waals surface area contributed by atoms with Crippen LogP contribution >= 0.6 is 0 Å². The van der Waals surface area contributed by atoms with Gasteiger partial charge in [0, 0.05) is 12.4 Å². The first-order valence-corrected chi connectivity index (χ1v) is 2.28. The van der Waals surface area contributed by atoms with Gasteiger partial charge in [-0.05, 0) is 6.08 Å². The Morgan fingerprint density at radius 3 is 3.00 bits per heavy atom. The molecular formula is C5H5N3. The van der Waals surface area contributed by atoms with Crippen molar-refractivity contribution < 1.29 is 0 Å². The van der Waals surface area contributed by atoms with Crippen LogP contribution in [0.15, 0.2) is 17.4 Å². The van der Waals surface area contributed by atoms with Gasteiger partial charge in [-0.3, -0.25) is 5.43 Å². The third-order valence-corrected chi connectivity index (χ3v) is 0.837. The van der Waals surface area contributed by atoms with Crippen molar-refractivity contribution in [3.63, 3.8) is 0 Å². The van der Waals surface area contributed by atoms with Crippen LogP contribution in [0.2, 0.25) is 0 Å². The summed E-state index contributed by atoms with van der Waals surface area (Å²) in [6.45, 7) is 0. The molecule has 0 fully saturated rings. The minimum atomic E-state index is -0.142. The van der Waals surface area contributed by atoms with Gasteiger partial charge in [-0.15, -0.1) is 0 Å². The average Bonchev–Trinajstić information content (AvgIpc) is 1.90. The molecule has 1 aliphatic rings. The maximum Gasteiger partial charge on any atom is 0.103 e. The smallest absolute Gasteiger partial charge is 0.103 e. The van der Waals surface area contributed by atoms with Gasteiger partial charge in [0.15, 0.2) is 0 Å². The molecule has 1 atom stereocenters. The van der Waals surface area contributed by atoms with Crippen molar-refractivity contribution in [2.45, 2.75) is 0 Å². The van der Waals surface area contributed by atoms with Gasteiger partial charge in [-0.1, -0.05) is 0 Å². The number of hydrazone groups is 1. The van der Waals surface area contributed by atoms with Crippen LogP contribution < -0.4 is 5.43 Å². The van der Waals surface area contributed by atoms with E-state index in [2.05, 4.69) is 10.5 Å². The Balaban J connectivity index is 2.58. The van der Waals surface area contributed by atoms with Gasteiger partial charge < -0.3 is 0 Å². The van der Waals surface area contributed by atoms with Gasteiger partial charge in [-0.2, -0.15) is 10.4 Å². The Morgan fingerprint density at radius 2 is 2.62 bits per heavy atom. The van der Waals surface area contributed by atoms with Crippen molar-refractivity contribution in [3.05, 3.63) is 12.3 Å². The first-order valence-electron chi connectivity index (χ1n) is 2.28. The third kappa shape index (κ3) is 0.850. The van der Waals surface area contributed by atoms with Gasteiger partial charge in [0.1, 0.15) is 5.92 Å². The minimum Gasteiger partial charge on any atom is -0.286 e. The molecule has 1 N–H and O–H groups in total. The summed E-state index contributed by atoms with van der Waals surface area (Å²) in [5, 5.41) is 11.9. The van der Waals surface area contributed by atoms with E-state index in [9.17, 15) is 0 Å². The molecule has 8 heavy (non-hydrogen) atoms. The second kappa shape index (κ2) is 2.12. The molecule has 3 heteroatoms. The molecule has 0 saturated carbocycles. The van der Waals surface area contributed by atoms with E-state index in [0.29, 0.717) is 0 Å². The zero-order valence-electron chi connectivity index (χ0n) is 4.20. The maximum atomic E-state index is 8.27. The predicted octanol–water partition coefficient (Wildman–Crippen LogP) is 0.229. The number of allylic oxidation sites excluding steroid dienone is 1. The number of nitrogens with one attached hydrogen (secondary N) is 1. The van der Waals surface area contributed by atoms with Crippen molar-refractivity contribution >= 4 is 6.21 Å².